The Morgan fingerprint density at radius 1 is 1.50 bits per heavy atom. The van der Waals surface area contributed by atoms with Gasteiger partial charge in [-0.15, -0.1) is 0 Å². The van der Waals surface area contributed by atoms with E-state index in [1.807, 2.05) is 0 Å². The highest BCUT2D eigenvalue weighted by molar-refractivity contribution is 6.00. The van der Waals surface area contributed by atoms with Crippen molar-refractivity contribution in [2.75, 3.05) is 6.61 Å². The molecular weight excluding hydrogens is 268 g/mol. The smallest absolute Gasteiger partial charge is 0.328 e. The zero-order valence-corrected chi connectivity index (χ0v) is 11.0. The van der Waals surface area contributed by atoms with Gasteiger partial charge in [-0.05, 0) is 26.0 Å². The second kappa shape index (κ2) is 6.50. The molecule has 8 nitrogen and oxygen atoms in total. The molecule has 20 heavy (non-hydrogen) atoms. The van der Waals surface area contributed by atoms with Gasteiger partial charge in [-0.3, -0.25) is 14.9 Å². The van der Waals surface area contributed by atoms with Crippen LogP contribution in [0, 0.1) is 10.1 Å². The van der Waals surface area contributed by atoms with Crippen molar-refractivity contribution in [2.45, 2.75) is 19.9 Å². The second-order valence-electron chi connectivity index (χ2n) is 3.91. The number of hydrogen-bond donors (Lipinski definition) is 2. The maximum absolute atomic E-state index is 11.9. The predicted octanol–water partition coefficient (Wildman–Crippen LogP) is 0.982. The van der Waals surface area contributed by atoms with Gasteiger partial charge < -0.3 is 15.2 Å². The predicted molar refractivity (Wildman–Crippen MR) is 68.3 cm³/mol. The summed E-state index contributed by atoms with van der Waals surface area (Å²) in [6.45, 7) is 3.17. The van der Waals surface area contributed by atoms with E-state index < -0.39 is 28.5 Å². The van der Waals surface area contributed by atoms with Gasteiger partial charge in [0.05, 0.1) is 11.5 Å². The highest BCUT2D eigenvalue weighted by atomic mass is 16.6. The van der Waals surface area contributed by atoms with Crippen molar-refractivity contribution in [3.63, 3.8) is 0 Å². The van der Waals surface area contributed by atoms with Crippen LogP contribution < -0.4 is 5.32 Å². The van der Waals surface area contributed by atoms with Gasteiger partial charge in [0, 0.05) is 6.07 Å². The van der Waals surface area contributed by atoms with E-state index in [1.165, 1.54) is 6.92 Å². The van der Waals surface area contributed by atoms with Crippen LogP contribution in [0.1, 0.15) is 24.2 Å². The largest absolute Gasteiger partial charge is 0.508 e. The van der Waals surface area contributed by atoms with Crippen molar-refractivity contribution in [2.24, 2.45) is 0 Å². The molecule has 0 aliphatic heterocycles. The lowest BCUT2D eigenvalue weighted by Gasteiger charge is -2.12. The fraction of sp³-hybridized carbons (Fsp3) is 0.333. The van der Waals surface area contributed by atoms with Gasteiger partial charge >= 0.3 is 5.97 Å². The minimum Gasteiger partial charge on any atom is -0.508 e. The molecule has 0 saturated carbocycles. The van der Waals surface area contributed by atoms with Gasteiger partial charge in [-0.1, -0.05) is 0 Å². The maximum atomic E-state index is 11.9. The van der Waals surface area contributed by atoms with Crippen molar-refractivity contribution < 1.29 is 24.4 Å². The number of carbonyl (C=O) groups is 2. The number of phenolic OH excluding ortho intramolecular Hbond substituents is 1. The molecule has 1 unspecified atom stereocenters. The fourth-order valence-corrected chi connectivity index (χ4v) is 1.47. The van der Waals surface area contributed by atoms with E-state index in [-0.39, 0.29) is 17.9 Å². The summed E-state index contributed by atoms with van der Waals surface area (Å²) < 4.78 is 4.70. The van der Waals surface area contributed by atoms with Crippen molar-refractivity contribution in [3.8, 4) is 5.75 Å². The Hall–Kier alpha value is -2.64. The summed E-state index contributed by atoms with van der Waals surface area (Å²) in [7, 11) is 0. The third kappa shape index (κ3) is 3.67. The number of nitro groups is 1. The molecule has 1 atom stereocenters. The molecular formula is C12H14N2O6. The number of hydrogen-bond acceptors (Lipinski definition) is 6. The summed E-state index contributed by atoms with van der Waals surface area (Å²) in [5.41, 5.74) is -0.789. The molecule has 8 heteroatoms. The fourth-order valence-electron chi connectivity index (χ4n) is 1.47. The number of ether oxygens (including phenoxy) is 1. The number of nitro benzene ring substituents is 1. The van der Waals surface area contributed by atoms with E-state index >= 15 is 0 Å². The normalized spacial score (nSPS) is 11.5. The molecule has 0 radical (unpaired) electrons. The molecule has 0 saturated heterocycles. The summed E-state index contributed by atoms with van der Waals surface area (Å²) >= 11 is 0. The van der Waals surface area contributed by atoms with Gasteiger partial charge in [-0.2, -0.15) is 0 Å². The molecule has 1 rings (SSSR count). The molecule has 0 aliphatic rings. The Bertz CT molecular complexity index is 543. The summed E-state index contributed by atoms with van der Waals surface area (Å²) in [5.74, 6) is -1.78. The van der Waals surface area contributed by atoms with Crippen molar-refractivity contribution in [3.05, 3.63) is 33.9 Å². The average Bonchev–Trinajstić information content (AvgIpc) is 2.38. The van der Waals surface area contributed by atoms with Crippen molar-refractivity contribution >= 4 is 17.6 Å². The zero-order valence-electron chi connectivity index (χ0n) is 11.0. The van der Waals surface area contributed by atoms with E-state index in [1.54, 1.807) is 6.92 Å². The van der Waals surface area contributed by atoms with Gasteiger partial charge in [0.2, 0.25) is 0 Å². The molecule has 0 spiro atoms. The number of esters is 1. The van der Waals surface area contributed by atoms with Crippen LogP contribution in [0.15, 0.2) is 18.2 Å². The molecule has 1 aromatic rings. The van der Waals surface area contributed by atoms with Crippen LogP contribution in [-0.4, -0.2) is 34.6 Å². The topological polar surface area (TPSA) is 119 Å². The SMILES string of the molecule is CCOC(=O)C(C)NC(=O)c1cc(O)ccc1[N+](=O)[O-]. The number of nitrogens with zero attached hydrogens (tertiary/aromatic N) is 1. The zero-order chi connectivity index (χ0) is 15.3. The van der Waals surface area contributed by atoms with Gasteiger partial charge in [0.15, 0.2) is 0 Å². The number of phenols is 1. The van der Waals surface area contributed by atoms with Crippen LogP contribution >= 0.6 is 0 Å². The summed E-state index contributed by atoms with van der Waals surface area (Å²) in [4.78, 5) is 33.3. The number of amides is 1. The maximum Gasteiger partial charge on any atom is 0.328 e. The lowest BCUT2D eigenvalue weighted by Crippen LogP contribution is -2.39. The first-order chi connectivity index (χ1) is 9.36. The molecule has 2 N–H and O–H groups in total. The standard InChI is InChI=1S/C12H14N2O6/c1-3-20-12(17)7(2)13-11(16)9-6-8(15)4-5-10(9)14(18)19/h4-7,15H,3H2,1-2H3,(H,13,16). The number of rotatable bonds is 5. The Balaban J connectivity index is 2.95. The highest BCUT2D eigenvalue weighted by Crippen LogP contribution is 2.23. The Kier molecular flexibility index (Phi) is 5.01. The molecule has 0 fully saturated rings. The van der Waals surface area contributed by atoms with Crippen LogP contribution in [0.5, 0.6) is 5.75 Å². The molecule has 0 aromatic heterocycles. The Morgan fingerprint density at radius 2 is 2.15 bits per heavy atom. The molecule has 108 valence electrons. The van der Waals surface area contributed by atoms with Crippen LogP contribution in [0.3, 0.4) is 0 Å². The quantitative estimate of drug-likeness (QED) is 0.472. The summed E-state index contributed by atoms with van der Waals surface area (Å²) in [6, 6.07) is 2.12. The van der Waals surface area contributed by atoms with Gasteiger partial charge in [0.1, 0.15) is 17.4 Å². The first-order valence-electron chi connectivity index (χ1n) is 5.81. The molecule has 1 amide bonds. The molecule has 0 bridgehead atoms. The Labute approximate surface area is 114 Å². The lowest BCUT2D eigenvalue weighted by atomic mass is 10.1. The van der Waals surface area contributed by atoms with Gasteiger partial charge in [-0.25, -0.2) is 4.79 Å². The van der Waals surface area contributed by atoms with Crippen LogP contribution in [0.4, 0.5) is 5.69 Å². The number of carbonyl (C=O) groups excluding carboxylic acids is 2. The molecule has 0 heterocycles. The number of nitrogens with one attached hydrogen (secondary N) is 1. The van der Waals surface area contributed by atoms with Crippen molar-refractivity contribution in [1.82, 2.24) is 5.32 Å². The second-order valence-corrected chi connectivity index (χ2v) is 3.91. The number of benzene rings is 1. The first-order valence-corrected chi connectivity index (χ1v) is 5.81. The van der Waals surface area contributed by atoms with E-state index in [4.69, 9.17) is 4.74 Å². The van der Waals surface area contributed by atoms with Crippen LogP contribution in [0.25, 0.3) is 0 Å². The summed E-state index contributed by atoms with van der Waals surface area (Å²) in [6.07, 6.45) is 0. The lowest BCUT2D eigenvalue weighted by molar-refractivity contribution is -0.385. The van der Waals surface area contributed by atoms with Gasteiger partial charge in [0.25, 0.3) is 11.6 Å². The van der Waals surface area contributed by atoms with Crippen LogP contribution in [-0.2, 0) is 9.53 Å². The molecule has 1 aromatic carbocycles. The van der Waals surface area contributed by atoms with E-state index in [0.717, 1.165) is 18.2 Å². The van der Waals surface area contributed by atoms with E-state index in [0.29, 0.717) is 0 Å². The van der Waals surface area contributed by atoms with E-state index in [9.17, 15) is 24.8 Å². The summed E-state index contributed by atoms with van der Waals surface area (Å²) in [5, 5.41) is 22.4. The average molecular weight is 282 g/mol. The monoisotopic (exact) mass is 282 g/mol. The minimum absolute atomic E-state index is 0.158. The third-order valence-electron chi connectivity index (χ3n) is 2.41. The van der Waals surface area contributed by atoms with Crippen LogP contribution in [0.2, 0.25) is 0 Å². The molecule has 0 aliphatic carbocycles. The van der Waals surface area contributed by atoms with E-state index in [2.05, 4.69) is 5.32 Å². The Morgan fingerprint density at radius 3 is 2.70 bits per heavy atom. The minimum atomic E-state index is -0.954. The first kappa shape index (κ1) is 15.4. The van der Waals surface area contributed by atoms with Crippen molar-refractivity contribution in [1.29, 1.82) is 0 Å². The highest BCUT2D eigenvalue weighted by Gasteiger charge is 2.24. The third-order valence-corrected chi connectivity index (χ3v) is 2.41. The number of aromatic hydroxyl groups is 1.